The van der Waals surface area contributed by atoms with Crippen LogP contribution in [0.3, 0.4) is 0 Å². The van der Waals surface area contributed by atoms with E-state index in [0.29, 0.717) is 18.8 Å². The molecule has 1 aromatic carbocycles. The lowest BCUT2D eigenvalue weighted by atomic mass is 10.1. The highest BCUT2D eigenvalue weighted by molar-refractivity contribution is 6.00. The van der Waals surface area contributed by atoms with E-state index in [1.807, 2.05) is 25.1 Å². The van der Waals surface area contributed by atoms with E-state index in [1.165, 1.54) is 0 Å². The molecule has 0 bridgehead atoms. The first-order chi connectivity index (χ1) is 8.52. The van der Waals surface area contributed by atoms with Crippen molar-refractivity contribution < 1.29 is 9.53 Å². The number of hydrogen-bond donors (Lipinski definition) is 1. The summed E-state index contributed by atoms with van der Waals surface area (Å²) in [6, 6.07) is 5.69. The van der Waals surface area contributed by atoms with Crippen LogP contribution in [-0.4, -0.2) is 18.6 Å². The Hall–Kier alpha value is -1.81. The molecule has 18 heavy (non-hydrogen) atoms. The standard InChI is InChI=1S/C14H18N2O2/c1-9(2)8-16-12-5-4-11(7-15)6-13(12)18-10(3)14(16)17/h4-6,10H,1,7-8,15H2,2-3H3. The molecule has 0 fully saturated rings. The summed E-state index contributed by atoms with van der Waals surface area (Å²) in [5, 5.41) is 0. The Balaban J connectivity index is 2.43. The number of anilines is 1. The Morgan fingerprint density at radius 3 is 2.89 bits per heavy atom. The summed E-state index contributed by atoms with van der Waals surface area (Å²) in [6.07, 6.45) is -0.468. The van der Waals surface area contributed by atoms with Crippen LogP contribution in [0.2, 0.25) is 0 Å². The molecule has 1 amide bonds. The molecule has 0 saturated carbocycles. The number of ether oxygens (including phenoxy) is 1. The molecular weight excluding hydrogens is 228 g/mol. The van der Waals surface area contributed by atoms with Gasteiger partial charge in [0.1, 0.15) is 5.75 Å². The molecule has 4 heteroatoms. The predicted molar refractivity (Wildman–Crippen MR) is 71.6 cm³/mol. The Bertz CT molecular complexity index is 497. The number of hydrogen-bond acceptors (Lipinski definition) is 3. The van der Waals surface area contributed by atoms with Crippen LogP contribution < -0.4 is 15.4 Å². The zero-order valence-electron chi connectivity index (χ0n) is 10.8. The monoisotopic (exact) mass is 246 g/mol. The summed E-state index contributed by atoms with van der Waals surface area (Å²) in [5.41, 5.74) is 8.33. The minimum Gasteiger partial charge on any atom is -0.479 e. The third-order valence-corrected chi connectivity index (χ3v) is 2.90. The lowest BCUT2D eigenvalue weighted by molar-refractivity contribution is -0.125. The highest BCUT2D eigenvalue weighted by Gasteiger charge is 2.31. The molecule has 96 valence electrons. The molecule has 1 heterocycles. The van der Waals surface area contributed by atoms with Crippen molar-refractivity contribution in [1.82, 2.24) is 0 Å². The van der Waals surface area contributed by atoms with E-state index in [0.717, 1.165) is 16.8 Å². The Labute approximate surface area is 107 Å². The zero-order valence-corrected chi connectivity index (χ0v) is 10.8. The van der Waals surface area contributed by atoms with Crippen molar-refractivity contribution in [2.75, 3.05) is 11.4 Å². The van der Waals surface area contributed by atoms with E-state index in [9.17, 15) is 4.79 Å². The highest BCUT2D eigenvalue weighted by Crippen LogP contribution is 2.35. The van der Waals surface area contributed by atoms with Gasteiger partial charge < -0.3 is 15.4 Å². The lowest BCUT2D eigenvalue weighted by Gasteiger charge is -2.33. The summed E-state index contributed by atoms with van der Waals surface area (Å²) < 4.78 is 5.62. The second kappa shape index (κ2) is 4.82. The first-order valence-corrected chi connectivity index (χ1v) is 5.98. The molecule has 0 aliphatic carbocycles. The summed E-state index contributed by atoms with van der Waals surface area (Å²) in [6.45, 7) is 8.49. The number of amides is 1. The average Bonchev–Trinajstić information content (AvgIpc) is 2.33. The number of carbonyl (C=O) groups is 1. The van der Waals surface area contributed by atoms with Crippen LogP contribution in [0.1, 0.15) is 19.4 Å². The molecular formula is C14H18N2O2. The van der Waals surface area contributed by atoms with Gasteiger partial charge in [0, 0.05) is 13.1 Å². The van der Waals surface area contributed by atoms with Crippen molar-refractivity contribution >= 4 is 11.6 Å². The molecule has 0 saturated heterocycles. The minimum absolute atomic E-state index is 0.0361. The number of benzene rings is 1. The van der Waals surface area contributed by atoms with Crippen LogP contribution in [0.5, 0.6) is 5.75 Å². The molecule has 1 aromatic rings. The molecule has 4 nitrogen and oxygen atoms in total. The maximum atomic E-state index is 12.1. The molecule has 0 spiro atoms. The highest BCUT2D eigenvalue weighted by atomic mass is 16.5. The Kier molecular flexibility index (Phi) is 3.39. The third-order valence-electron chi connectivity index (χ3n) is 2.90. The van der Waals surface area contributed by atoms with Crippen LogP contribution >= 0.6 is 0 Å². The van der Waals surface area contributed by atoms with Crippen LogP contribution in [-0.2, 0) is 11.3 Å². The van der Waals surface area contributed by atoms with Gasteiger partial charge in [-0.05, 0) is 31.5 Å². The maximum absolute atomic E-state index is 12.1. The van der Waals surface area contributed by atoms with Crippen molar-refractivity contribution in [2.24, 2.45) is 5.73 Å². The number of nitrogens with zero attached hydrogens (tertiary/aromatic N) is 1. The van der Waals surface area contributed by atoms with Crippen molar-refractivity contribution in [2.45, 2.75) is 26.5 Å². The second-order valence-electron chi connectivity index (χ2n) is 4.65. The van der Waals surface area contributed by atoms with Gasteiger partial charge in [-0.15, -0.1) is 0 Å². The number of carbonyl (C=O) groups excluding carboxylic acids is 1. The number of nitrogens with two attached hydrogens (primary N) is 1. The number of fused-ring (bicyclic) bond motifs is 1. The minimum atomic E-state index is -0.468. The maximum Gasteiger partial charge on any atom is 0.268 e. The van der Waals surface area contributed by atoms with Gasteiger partial charge in [-0.25, -0.2) is 0 Å². The zero-order chi connectivity index (χ0) is 13.3. The molecule has 0 radical (unpaired) electrons. The number of rotatable bonds is 3. The smallest absolute Gasteiger partial charge is 0.268 e. The van der Waals surface area contributed by atoms with E-state index in [-0.39, 0.29) is 5.91 Å². The Morgan fingerprint density at radius 2 is 2.28 bits per heavy atom. The summed E-state index contributed by atoms with van der Waals surface area (Å²) in [4.78, 5) is 13.8. The van der Waals surface area contributed by atoms with Crippen LogP contribution in [0.4, 0.5) is 5.69 Å². The van der Waals surface area contributed by atoms with Crippen LogP contribution in [0.25, 0.3) is 0 Å². The summed E-state index contributed by atoms with van der Waals surface area (Å²) in [5.74, 6) is 0.678. The topological polar surface area (TPSA) is 55.6 Å². The SMILES string of the molecule is C=C(C)CN1C(=O)C(C)Oc2cc(CN)ccc21. The summed E-state index contributed by atoms with van der Waals surface area (Å²) >= 11 is 0. The van der Waals surface area contributed by atoms with Gasteiger partial charge in [-0.3, -0.25) is 4.79 Å². The fraction of sp³-hybridized carbons (Fsp3) is 0.357. The predicted octanol–water partition coefficient (Wildman–Crippen LogP) is 1.84. The van der Waals surface area contributed by atoms with E-state index < -0.39 is 6.10 Å². The fourth-order valence-corrected chi connectivity index (χ4v) is 2.01. The molecule has 1 aliphatic heterocycles. The van der Waals surface area contributed by atoms with Gasteiger partial charge in [-0.1, -0.05) is 18.2 Å². The van der Waals surface area contributed by atoms with E-state index in [1.54, 1.807) is 11.8 Å². The lowest BCUT2D eigenvalue weighted by Crippen LogP contribution is -2.45. The molecule has 1 unspecified atom stereocenters. The molecule has 2 N–H and O–H groups in total. The van der Waals surface area contributed by atoms with Gasteiger partial charge in [0.15, 0.2) is 6.10 Å². The fourth-order valence-electron chi connectivity index (χ4n) is 2.01. The Morgan fingerprint density at radius 1 is 1.56 bits per heavy atom. The van der Waals surface area contributed by atoms with Crippen LogP contribution in [0.15, 0.2) is 30.4 Å². The van der Waals surface area contributed by atoms with E-state index >= 15 is 0 Å². The molecule has 2 rings (SSSR count). The van der Waals surface area contributed by atoms with Gasteiger partial charge >= 0.3 is 0 Å². The molecule has 1 aliphatic rings. The van der Waals surface area contributed by atoms with Crippen molar-refractivity contribution in [3.05, 3.63) is 35.9 Å². The van der Waals surface area contributed by atoms with Crippen molar-refractivity contribution in [1.29, 1.82) is 0 Å². The van der Waals surface area contributed by atoms with Crippen molar-refractivity contribution in [3.8, 4) is 5.75 Å². The van der Waals surface area contributed by atoms with E-state index in [4.69, 9.17) is 10.5 Å². The van der Waals surface area contributed by atoms with Gasteiger partial charge in [0.2, 0.25) is 0 Å². The first-order valence-electron chi connectivity index (χ1n) is 5.98. The van der Waals surface area contributed by atoms with Crippen LogP contribution in [0, 0.1) is 0 Å². The normalized spacial score (nSPS) is 18.3. The average molecular weight is 246 g/mol. The molecule has 1 atom stereocenters. The van der Waals surface area contributed by atoms with Gasteiger partial charge in [-0.2, -0.15) is 0 Å². The second-order valence-corrected chi connectivity index (χ2v) is 4.65. The largest absolute Gasteiger partial charge is 0.479 e. The summed E-state index contributed by atoms with van der Waals surface area (Å²) in [7, 11) is 0. The molecule has 0 aromatic heterocycles. The van der Waals surface area contributed by atoms with E-state index in [2.05, 4.69) is 6.58 Å². The van der Waals surface area contributed by atoms with Gasteiger partial charge in [0.05, 0.1) is 5.69 Å². The van der Waals surface area contributed by atoms with Crippen molar-refractivity contribution in [3.63, 3.8) is 0 Å². The quantitative estimate of drug-likeness (QED) is 0.828. The third kappa shape index (κ3) is 2.24. The van der Waals surface area contributed by atoms with Gasteiger partial charge in [0.25, 0.3) is 5.91 Å². The first kappa shape index (κ1) is 12.6.